The first-order valence-electron chi connectivity index (χ1n) is 9.91. The predicted octanol–water partition coefficient (Wildman–Crippen LogP) is 6.59. The Balaban J connectivity index is 2.33. The zero-order valence-corrected chi connectivity index (χ0v) is 18.0. The maximum atomic E-state index is 10.2. The number of phenols is 2. The van der Waals surface area contributed by atoms with E-state index in [9.17, 15) is 10.2 Å². The van der Waals surface area contributed by atoms with Crippen molar-refractivity contribution in [2.45, 2.75) is 33.6 Å². The molecule has 0 amide bonds. The summed E-state index contributed by atoms with van der Waals surface area (Å²) in [4.78, 5) is 0. The molecule has 0 fully saturated rings. The molecule has 0 aromatic heterocycles. The van der Waals surface area contributed by atoms with Crippen LogP contribution in [-0.4, -0.2) is 10.2 Å². The number of hydrogen-bond donors (Lipinski definition) is 2. The standard InChI is InChI=1S/C27H28O3/c1-7-20(6)30-26-11-9-8-10-21(26)27(22-12-18(4)24(28)14-16(22)2)23-13-19(5)25(29)15-17(23)3/h7-15,27-29H,1,6H2,2-5H3. The molecular formula is C27H28O3. The Bertz CT molecular complexity index is 1070. The van der Waals surface area contributed by atoms with E-state index in [0.29, 0.717) is 11.5 Å². The lowest BCUT2D eigenvalue weighted by molar-refractivity contribution is 0.440. The van der Waals surface area contributed by atoms with Crippen LogP contribution in [0, 0.1) is 27.7 Å². The molecule has 0 spiro atoms. The second-order valence-electron chi connectivity index (χ2n) is 7.73. The Morgan fingerprint density at radius 3 is 1.80 bits per heavy atom. The zero-order chi connectivity index (χ0) is 22.0. The molecule has 0 aliphatic heterocycles. The third kappa shape index (κ3) is 4.11. The van der Waals surface area contributed by atoms with Crippen LogP contribution in [0.15, 0.2) is 73.5 Å². The number of allylic oxidation sites excluding steroid dienone is 1. The second kappa shape index (κ2) is 8.50. The van der Waals surface area contributed by atoms with Gasteiger partial charge in [-0.2, -0.15) is 0 Å². The molecule has 0 radical (unpaired) electrons. The fourth-order valence-corrected chi connectivity index (χ4v) is 3.77. The fraction of sp³-hybridized carbons (Fsp3) is 0.185. The number of ether oxygens (including phenoxy) is 1. The van der Waals surface area contributed by atoms with Crippen LogP contribution >= 0.6 is 0 Å². The molecule has 2 N–H and O–H groups in total. The van der Waals surface area contributed by atoms with Gasteiger partial charge in [-0.1, -0.05) is 43.5 Å². The van der Waals surface area contributed by atoms with Gasteiger partial charge in [0.1, 0.15) is 23.0 Å². The second-order valence-corrected chi connectivity index (χ2v) is 7.73. The van der Waals surface area contributed by atoms with Crippen LogP contribution in [0.4, 0.5) is 0 Å². The van der Waals surface area contributed by atoms with E-state index in [0.717, 1.165) is 38.9 Å². The van der Waals surface area contributed by atoms with Crippen LogP contribution < -0.4 is 4.74 Å². The quantitative estimate of drug-likeness (QED) is 0.279. The molecule has 154 valence electrons. The van der Waals surface area contributed by atoms with Crippen molar-refractivity contribution in [2.75, 3.05) is 0 Å². The van der Waals surface area contributed by atoms with Gasteiger partial charge in [0, 0.05) is 11.5 Å². The largest absolute Gasteiger partial charge is 0.508 e. The van der Waals surface area contributed by atoms with Crippen LogP contribution in [0.2, 0.25) is 0 Å². The van der Waals surface area contributed by atoms with E-state index in [1.807, 2.05) is 64.1 Å². The van der Waals surface area contributed by atoms with E-state index in [-0.39, 0.29) is 17.4 Å². The summed E-state index contributed by atoms with van der Waals surface area (Å²) < 4.78 is 5.99. The van der Waals surface area contributed by atoms with Gasteiger partial charge in [0.05, 0.1) is 0 Å². The maximum Gasteiger partial charge on any atom is 0.131 e. The van der Waals surface area contributed by atoms with Crippen molar-refractivity contribution >= 4 is 0 Å². The van der Waals surface area contributed by atoms with Gasteiger partial charge in [0.2, 0.25) is 0 Å². The summed E-state index contributed by atoms with van der Waals surface area (Å²) in [5, 5.41) is 20.4. The lowest BCUT2D eigenvalue weighted by Crippen LogP contribution is -2.10. The zero-order valence-electron chi connectivity index (χ0n) is 18.0. The highest BCUT2D eigenvalue weighted by Gasteiger charge is 2.25. The first-order chi connectivity index (χ1) is 14.2. The first-order valence-corrected chi connectivity index (χ1v) is 9.91. The van der Waals surface area contributed by atoms with E-state index in [2.05, 4.69) is 13.2 Å². The van der Waals surface area contributed by atoms with Gasteiger partial charge in [0.15, 0.2) is 0 Å². The number of phenolic OH excluding ortho intramolecular Hbond substituents is 2. The summed E-state index contributed by atoms with van der Waals surface area (Å²) in [5.74, 6) is 1.56. The van der Waals surface area contributed by atoms with Gasteiger partial charge in [-0.05, 0) is 85.4 Å². The number of aromatic hydroxyl groups is 2. The lowest BCUT2D eigenvalue weighted by Gasteiger charge is -2.26. The molecule has 0 unspecified atom stereocenters. The van der Waals surface area contributed by atoms with Crippen molar-refractivity contribution in [3.05, 3.63) is 112 Å². The average molecular weight is 401 g/mol. The summed E-state index contributed by atoms with van der Waals surface area (Å²) in [5.41, 5.74) is 6.68. The summed E-state index contributed by atoms with van der Waals surface area (Å²) in [6.07, 6.45) is 1.58. The molecule has 0 aliphatic rings. The normalized spacial score (nSPS) is 10.8. The Kier molecular flexibility index (Phi) is 6.02. The van der Waals surface area contributed by atoms with Crippen molar-refractivity contribution in [3.63, 3.8) is 0 Å². The number of benzene rings is 3. The third-order valence-corrected chi connectivity index (χ3v) is 5.49. The average Bonchev–Trinajstić information content (AvgIpc) is 2.70. The Morgan fingerprint density at radius 2 is 1.30 bits per heavy atom. The molecule has 0 saturated heterocycles. The minimum atomic E-state index is -0.155. The number of aryl methyl sites for hydroxylation is 4. The highest BCUT2D eigenvalue weighted by molar-refractivity contribution is 5.57. The SMILES string of the molecule is C=CC(=C)Oc1ccccc1C(c1cc(C)c(O)cc1C)c1cc(C)c(O)cc1C. The van der Waals surface area contributed by atoms with Crippen LogP contribution in [0.25, 0.3) is 0 Å². The van der Waals surface area contributed by atoms with Crippen molar-refractivity contribution < 1.29 is 14.9 Å². The molecule has 3 nitrogen and oxygen atoms in total. The number of hydrogen-bond acceptors (Lipinski definition) is 3. The van der Waals surface area contributed by atoms with E-state index in [1.54, 1.807) is 18.2 Å². The first kappa shape index (κ1) is 21.3. The molecule has 3 aromatic rings. The summed E-state index contributed by atoms with van der Waals surface area (Å²) >= 11 is 0. The summed E-state index contributed by atoms with van der Waals surface area (Å²) in [6, 6.07) is 15.5. The molecule has 0 bridgehead atoms. The van der Waals surface area contributed by atoms with Crippen LogP contribution in [0.5, 0.6) is 17.2 Å². The van der Waals surface area contributed by atoms with E-state index in [1.165, 1.54) is 0 Å². The number of para-hydroxylation sites is 1. The smallest absolute Gasteiger partial charge is 0.131 e. The van der Waals surface area contributed by atoms with Crippen LogP contribution in [0.3, 0.4) is 0 Å². The Hall–Kier alpha value is -3.46. The molecular weight excluding hydrogens is 372 g/mol. The molecule has 0 heterocycles. The molecule has 3 heteroatoms. The highest BCUT2D eigenvalue weighted by Crippen LogP contribution is 2.42. The monoisotopic (exact) mass is 400 g/mol. The van der Waals surface area contributed by atoms with Gasteiger partial charge in [-0.15, -0.1) is 0 Å². The lowest BCUT2D eigenvalue weighted by atomic mass is 9.79. The predicted molar refractivity (Wildman–Crippen MR) is 123 cm³/mol. The maximum absolute atomic E-state index is 10.2. The molecule has 0 aliphatic carbocycles. The van der Waals surface area contributed by atoms with Gasteiger partial charge in [-0.3, -0.25) is 0 Å². The van der Waals surface area contributed by atoms with Crippen molar-refractivity contribution in [1.82, 2.24) is 0 Å². The van der Waals surface area contributed by atoms with Gasteiger partial charge in [-0.25, -0.2) is 0 Å². The topological polar surface area (TPSA) is 49.7 Å². The molecule has 3 aromatic carbocycles. The molecule has 0 saturated carbocycles. The van der Waals surface area contributed by atoms with Crippen LogP contribution in [-0.2, 0) is 0 Å². The third-order valence-electron chi connectivity index (χ3n) is 5.49. The van der Waals surface area contributed by atoms with E-state index >= 15 is 0 Å². The molecule has 30 heavy (non-hydrogen) atoms. The Labute approximate surface area is 178 Å². The molecule has 3 rings (SSSR count). The van der Waals surface area contributed by atoms with Crippen molar-refractivity contribution in [2.24, 2.45) is 0 Å². The van der Waals surface area contributed by atoms with Crippen molar-refractivity contribution in [1.29, 1.82) is 0 Å². The summed E-state index contributed by atoms with van der Waals surface area (Å²) in [6.45, 7) is 15.4. The molecule has 0 atom stereocenters. The Morgan fingerprint density at radius 1 is 0.800 bits per heavy atom. The van der Waals surface area contributed by atoms with Crippen LogP contribution in [0.1, 0.15) is 44.9 Å². The van der Waals surface area contributed by atoms with E-state index in [4.69, 9.17) is 4.74 Å². The fourth-order valence-electron chi connectivity index (χ4n) is 3.77. The minimum absolute atomic E-state index is 0.155. The summed E-state index contributed by atoms with van der Waals surface area (Å²) in [7, 11) is 0. The van der Waals surface area contributed by atoms with E-state index < -0.39 is 0 Å². The number of rotatable bonds is 6. The highest BCUT2D eigenvalue weighted by atomic mass is 16.5. The van der Waals surface area contributed by atoms with Gasteiger partial charge >= 0.3 is 0 Å². The minimum Gasteiger partial charge on any atom is -0.508 e. The van der Waals surface area contributed by atoms with Gasteiger partial charge < -0.3 is 14.9 Å². The van der Waals surface area contributed by atoms with Crippen molar-refractivity contribution in [3.8, 4) is 17.2 Å². The van der Waals surface area contributed by atoms with Gasteiger partial charge in [0.25, 0.3) is 0 Å².